The fourth-order valence-corrected chi connectivity index (χ4v) is 5.14. The Bertz CT molecular complexity index is 1470. The molecule has 3 aromatic rings. The fraction of sp³-hybridized carbons (Fsp3) is 0.240. The highest BCUT2D eigenvalue weighted by Crippen LogP contribution is 2.35. The predicted molar refractivity (Wildman–Crippen MR) is 130 cm³/mol. The molecule has 0 amide bonds. The molecule has 37 heavy (non-hydrogen) atoms. The third kappa shape index (κ3) is 6.28. The summed E-state index contributed by atoms with van der Waals surface area (Å²) in [7, 11) is -4.45. The minimum Gasteiger partial charge on any atom is -0.294 e. The molecular weight excluding hydrogens is 533 g/mol. The average Bonchev–Trinajstić information content (AvgIpc) is 2.78. The van der Waals surface area contributed by atoms with Gasteiger partial charge in [0.2, 0.25) is 12.4 Å². The number of Topliss-reactive ketones (excluding diaryl/α,β-unsaturated/α-hetero) is 2. The van der Waals surface area contributed by atoms with Crippen molar-refractivity contribution in [3.05, 3.63) is 88.2 Å². The van der Waals surface area contributed by atoms with Crippen molar-refractivity contribution in [1.29, 1.82) is 0 Å². The summed E-state index contributed by atoms with van der Waals surface area (Å²) in [6.45, 7) is 4.62. The van der Waals surface area contributed by atoms with Crippen molar-refractivity contribution >= 4 is 38.9 Å². The Morgan fingerprint density at radius 2 is 1.62 bits per heavy atom. The summed E-state index contributed by atoms with van der Waals surface area (Å²) >= 11 is 6.20. The number of rotatable bonds is 8. The number of hydrogen-bond acceptors (Lipinski definition) is 5. The van der Waals surface area contributed by atoms with Crippen LogP contribution in [0.1, 0.15) is 59.0 Å². The molecule has 196 valence electrons. The van der Waals surface area contributed by atoms with Gasteiger partial charge in [0.25, 0.3) is 10.0 Å². The lowest BCUT2D eigenvalue weighted by molar-refractivity contribution is -0.905. The third-order valence-electron chi connectivity index (χ3n) is 5.69. The van der Waals surface area contributed by atoms with Crippen molar-refractivity contribution < 1.29 is 41.1 Å². The fourth-order valence-electron chi connectivity index (χ4n) is 3.78. The summed E-state index contributed by atoms with van der Waals surface area (Å²) in [5.41, 5.74) is -2.01. The number of alkyl halides is 3. The highest BCUT2D eigenvalue weighted by atomic mass is 35.5. The van der Waals surface area contributed by atoms with Crippen molar-refractivity contribution in [2.75, 3.05) is 4.72 Å². The second-order valence-electron chi connectivity index (χ2n) is 8.99. The third-order valence-corrected chi connectivity index (χ3v) is 7.39. The van der Waals surface area contributed by atoms with Gasteiger partial charge in [0.1, 0.15) is 0 Å². The summed E-state index contributed by atoms with van der Waals surface area (Å²) in [5.74, 6) is -1.20. The van der Waals surface area contributed by atoms with E-state index in [4.69, 9.17) is 11.6 Å². The van der Waals surface area contributed by atoms with E-state index in [0.29, 0.717) is 17.7 Å². The van der Waals surface area contributed by atoms with E-state index in [2.05, 4.69) is 4.72 Å². The maximum absolute atomic E-state index is 13.6. The lowest BCUT2D eigenvalue weighted by atomic mass is 9.79. The SMILES string of the molecule is CC(=O)c1c(Cl)ccc(NS(=O)(=O)c2ccc(C(F)(F)F)cc2)c1C(=O)CC(C)(C)c1ccc[n+](O)c1. The van der Waals surface area contributed by atoms with Crippen molar-refractivity contribution in [2.24, 2.45) is 0 Å². The van der Waals surface area contributed by atoms with Crippen LogP contribution in [0, 0.1) is 0 Å². The molecule has 2 aromatic carbocycles. The van der Waals surface area contributed by atoms with Gasteiger partial charge in [0.15, 0.2) is 11.6 Å². The minimum atomic E-state index is -4.65. The molecule has 0 atom stereocenters. The van der Waals surface area contributed by atoms with Gasteiger partial charge in [-0.2, -0.15) is 13.2 Å². The standard InChI is InChI=1S/C25H22ClF3N2O5S/c1-15(32)22-19(26)10-11-20(30-37(35,36)18-8-6-16(7-9-18)25(27,28)29)23(22)21(33)13-24(2,3)17-5-4-12-31(34)14-17/h4-12,14H,13H2,1-3H3,(H-,30,33,34)/p+1. The summed E-state index contributed by atoms with van der Waals surface area (Å²) < 4.78 is 67.7. The van der Waals surface area contributed by atoms with Crippen LogP contribution in [0.5, 0.6) is 0 Å². The van der Waals surface area contributed by atoms with E-state index in [1.165, 1.54) is 31.5 Å². The molecule has 0 radical (unpaired) electrons. The van der Waals surface area contributed by atoms with Crippen LogP contribution in [-0.2, 0) is 21.6 Å². The molecule has 1 heterocycles. The Hall–Kier alpha value is -3.44. The first-order valence-corrected chi connectivity index (χ1v) is 12.7. The lowest BCUT2D eigenvalue weighted by Gasteiger charge is -2.24. The zero-order chi connectivity index (χ0) is 27.8. The zero-order valence-corrected chi connectivity index (χ0v) is 21.5. The molecule has 0 bridgehead atoms. The number of benzene rings is 2. The van der Waals surface area contributed by atoms with E-state index in [-0.39, 0.29) is 28.3 Å². The molecule has 0 aliphatic heterocycles. The molecule has 3 rings (SSSR count). The van der Waals surface area contributed by atoms with Crippen molar-refractivity contribution in [1.82, 2.24) is 0 Å². The van der Waals surface area contributed by atoms with Crippen LogP contribution >= 0.6 is 11.6 Å². The first-order valence-electron chi connectivity index (χ1n) is 10.8. The average molecular weight is 556 g/mol. The van der Waals surface area contributed by atoms with Crippen LogP contribution in [0.15, 0.2) is 65.8 Å². The topological polar surface area (TPSA) is 104 Å². The summed E-state index contributed by atoms with van der Waals surface area (Å²) in [6, 6.07) is 8.55. The van der Waals surface area contributed by atoms with Gasteiger partial charge in [-0.25, -0.2) is 8.42 Å². The van der Waals surface area contributed by atoms with Gasteiger partial charge in [-0.3, -0.25) is 19.5 Å². The second kappa shape index (κ2) is 10.1. The van der Waals surface area contributed by atoms with Crippen LogP contribution in [-0.4, -0.2) is 25.2 Å². The number of aromatic nitrogens is 1. The van der Waals surface area contributed by atoms with Crippen LogP contribution < -0.4 is 9.45 Å². The highest BCUT2D eigenvalue weighted by Gasteiger charge is 2.33. The number of hydrogen-bond donors (Lipinski definition) is 2. The van der Waals surface area contributed by atoms with E-state index in [1.54, 1.807) is 26.0 Å². The molecule has 12 heteroatoms. The molecule has 0 aliphatic carbocycles. The Balaban J connectivity index is 2.06. The molecule has 7 nitrogen and oxygen atoms in total. The van der Waals surface area contributed by atoms with E-state index in [1.807, 2.05) is 0 Å². The Kier molecular flexibility index (Phi) is 7.71. The first kappa shape index (κ1) is 28.1. The van der Waals surface area contributed by atoms with Crippen molar-refractivity contribution in [3.63, 3.8) is 0 Å². The number of pyridine rings is 1. The van der Waals surface area contributed by atoms with Gasteiger partial charge in [0, 0.05) is 33.8 Å². The number of carbonyl (C=O) groups is 2. The highest BCUT2D eigenvalue weighted by molar-refractivity contribution is 7.92. The monoisotopic (exact) mass is 555 g/mol. The van der Waals surface area contributed by atoms with E-state index < -0.39 is 43.6 Å². The quantitative estimate of drug-likeness (QED) is 0.219. The number of carbonyl (C=O) groups excluding carboxylic acids is 2. The molecule has 0 fully saturated rings. The summed E-state index contributed by atoms with van der Waals surface area (Å²) in [4.78, 5) is 25.5. The molecule has 2 N–H and O–H groups in total. The van der Waals surface area contributed by atoms with Gasteiger partial charge >= 0.3 is 6.18 Å². The summed E-state index contributed by atoms with van der Waals surface area (Å²) in [6.07, 6.45) is -2.05. The molecule has 1 aromatic heterocycles. The normalized spacial score (nSPS) is 12.3. The molecular formula is C25H23ClF3N2O5S+. The number of nitrogens with one attached hydrogen (secondary N) is 1. The Morgan fingerprint density at radius 1 is 1.00 bits per heavy atom. The van der Waals surface area contributed by atoms with Crippen LogP contribution in [0.3, 0.4) is 0 Å². The van der Waals surface area contributed by atoms with Crippen LogP contribution in [0.4, 0.5) is 18.9 Å². The molecule has 0 spiro atoms. The van der Waals surface area contributed by atoms with Gasteiger partial charge < -0.3 is 0 Å². The predicted octanol–water partition coefficient (Wildman–Crippen LogP) is 5.44. The number of sulfonamides is 1. The van der Waals surface area contributed by atoms with Crippen molar-refractivity contribution in [2.45, 2.75) is 43.7 Å². The number of halogens is 4. The number of anilines is 1. The lowest BCUT2D eigenvalue weighted by Crippen LogP contribution is -2.33. The number of nitrogens with zero attached hydrogens (tertiary/aromatic N) is 1. The van der Waals surface area contributed by atoms with Crippen LogP contribution in [0.25, 0.3) is 0 Å². The van der Waals surface area contributed by atoms with Gasteiger partial charge in [-0.05, 0) is 49.4 Å². The molecule has 0 aliphatic rings. The van der Waals surface area contributed by atoms with Gasteiger partial charge in [-0.1, -0.05) is 25.4 Å². The van der Waals surface area contributed by atoms with Crippen molar-refractivity contribution in [3.8, 4) is 0 Å². The zero-order valence-electron chi connectivity index (χ0n) is 19.9. The molecule has 0 saturated heterocycles. The van der Waals surface area contributed by atoms with E-state index in [0.717, 1.165) is 16.9 Å². The van der Waals surface area contributed by atoms with Gasteiger partial charge in [-0.15, -0.1) is 0 Å². The Labute approximate surface area is 216 Å². The summed E-state index contributed by atoms with van der Waals surface area (Å²) in [5, 5.41) is 9.68. The second-order valence-corrected chi connectivity index (χ2v) is 11.1. The smallest absolute Gasteiger partial charge is 0.294 e. The maximum atomic E-state index is 13.6. The molecule has 0 unspecified atom stereocenters. The van der Waals surface area contributed by atoms with Gasteiger partial charge in [0.05, 0.1) is 26.7 Å². The van der Waals surface area contributed by atoms with E-state index >= 15 is 0 Å². The first-order chi connectivity index (χ1) is 17.0. The maximum Gasteiger partial charge on any atom is 0.416 e. The number of ketones is 2. The van der Waals surface area contributed by atoms with Crippen LogP contribution in [0.2, 0.25) is 5.02 Å². The Morgan fingerprint density at radius 3 is 2.16 bits per heavy atom. The van der Waals surface area contributed by atoms with E-state index in [9.17, 15) is 36.4 Å². The minimum absolute atomic E-state index is 0.0703. The molecule has 0 saturated carbocycles. The largest absolute Gasteiger partial charge is 0.416 e.